The van der Waals surface area contributed by atoms with E-state index in [4.69, 9.17) is 4.42 Å². The van der Waals surface area contributed by atoms with E-state index >= 15 is 0 Å². The van der Waals surface area contributed by atoms with Crippen molar-refractivity contribution in [1.82, 2.24) is 15.2 Å². The lowest BCUT2D eigenvalue weighted by atomic mass is 10.1. The maximum atomic E-state index is 12.5. The Kier molecular flexibility index (Phi) is 6.79. The largest absolute Gasteiger partial charge is 0.441 e. The second-order valence-corrected chi connectivity index (χ2v) is 9.29. The molecule has 31 heavy (non-hydrogen) atoms. The normalized spacial score (nSPS) is 16.4. The summed E-state index contributed by atoms with van der Waals surface area (Å²) in [6.45, 7) is 7.83. The number of hydrogen-bond donors (Lipinski definition) is 2. The van der Waals surface area contributed by atoms with E-state index in [0.717, 1.165) is 0 Å². The van der Waals surface area contributed by atoms with E-state index in [1.807, 2.05) is 0 Å². The summed E-state index contributed by atoms with van der Waals surface area (Å²) >= 11 is 0. The molecule has 0 bridgehead atoms. The molecule has 1 aliphatic rings. The molecule has 1 saturated heterocycles. The molecule has 2 heterocycles. The van der Waals surface area contributed by atoms with Crippen molar-refractivity contribution in [1.29, 1.82) is 0 Å². The van der Waals surface area contributed by atoms with Crippen molar-refractivity contribution < 1.29 is 22.4 Å². The van der Waals surface area contributed by atoms with Crippen LogP contribution < -0.4 is 10.0 Å². The van der Waals surface area contributed by atoms with Crippen LogP contribution in [-0.2, 0) is 26.2 Å². The predicted octanol–water partition coefficient (Wildman–Crippen LogP) is 2.06. The zero-order valence-electron chi connectivity index (χ0n) is 17.6. The van der Waals surface area contributed by atoms with E-state index in [1.54, 1.807) is 49.1 Å². The van der Waals surface area contributed by atoms with Gasteiger partial charge in [0.2, 0.25) is 27.7 Å². The molecular weight excluding hydrogens is 420 g/mol. The fourth-order valence-corrected chi connectivity index (χ4v) is 3.96. The molecule has 2 N–H and O–H groups in total. The standard InChI is InChI=1S/C21H26N4O5S/c1-4-10-25-13-15(11-19(25)26)20(27)22-12-18-14(3)30-21(23-18)16-8-6-7-9-17(16)24-31(28,29)5-2/h4,6-9,15,24H,1,5,10-13H2,2-3H3,(H,22,27)/t15-/m1/s1. The number of nitrogens with one attached hydrogen (secondary N) is 2. The van der Waals surface area contributed by atoms with Crippen molar-refractivity contribution in [3.05, 3.63) is 48.4 Å². The molecule has 0 radical (unpaired) electrons. The molecule has 0 saturated carbocycles. The quantitative estimate of drug-likeness (QED) is 0.569. The van der Waals surface area contributed by atoms with E-state index in [0.29, 0.717) is 35.8 Å². The number of oxazole rings is 1. The van der Waals surface area contributed by atoms with E-state index < -0.39 is 15.9 Å². The minimum atomic E-state index is -3.46. The number of aromatic nitrogens is 1. The first-order chi connectivity index (χ1) is 14.7. The maximum absolute atomic E-state index is 12.5. The molecule has 2 amide bonds. The lowest BCUT2D eigenvalue weighted by Crippen LogP contribution is -2.32. The number of hydrogen-bond acceptors (Lipinski definition) is 6. The van der Waals surface area contributed by atoms with Gasteiger partial charge >= 0.3 is 0 Å². The summed E-state index contributed by atoms with van der Waals surface area (Å²) in [6, 6.07) is 6.81. The van der Waals surface area contributed by atoms with Gasteiger partial charge in [0.1, 0.15) is 11.5 Å². The Balaban J connectivity index is 1.71. The van der Waals surface area contributed by atoms with Crippen molar-refractivity contribution in [2.24, 2.45) is 5.92 Å². The summed E-state index contributed by atoms with van der Waals surface area (Å²) in [5, 5.41) is 2.81. The number of likely N-dealkylation sites (tertiary alicyclic amines) is 1. The van der Waals surface area contributed by atoms with Crippen LogP contribution in [0.5, 0.6) is 0 Å². The highest BCUT2D eigenvalue weighted by Gasteiger charge is 2.33. The summed E-state index contributed by atoms with van der Waals surface area (Å²) in [6.07, 6.45) is 1.81. The topological polar surface area (TPSA) is 122 Å². The number of para-hydroxylation sites is 1. The molecule has 10 heteroatoms. The van der Waals surface area contributed by atoms with Gasteiger partial charge in [0.15, 0.2) is 0 Å². The Hall–Kier alpha value is -3.14. The second kappa shape index (κ2) is 9.34. The van der Waals surface area contributed by atoms with Crippen LogP contribution in [0.15, 0.2) is 41.3 Å². The number of carbonyl (C=O) groups is 2. The van der Waals surface area contributed by atoms with Gasteiger partial charge in [-0.25, -0.2) is 13.4 Å². The average molecular weight is 447 g/mol. The molecular formula is C21H26N4O5S. The predicted molar refractivity (Wildman–Crippen MR) is 116 cm³/mol. The summed E-state index contributed by atoms with van der Waals surface area (Å²) in [5.74, 6) is 0.00914. The Bertz CT molecular complexity index is 1090. The van der Waals surface area contributed by atoms with Crippen LogP contribution in [0.1, 0.15) is 24.8 Å². The van der Waals surface area contributed by atoms with Crippen molar-refractivity contribution in [2.75, 3.05) is 23.6 Å². The molecule has 0 spiro atoms. The minimum absolute atomic E-state index is 0.0584. The van der Waals surface area contributed by atoms with Gasteiger partial charge in [-0.15, -0.1) is 6.58 Å². The Morgan fingerprint density at radius 2 is 2.13 bits per heavy atom. The van der Waals surface area contributed by atoms with Gasteiger partial charge in [-0.1, -0.05) is 18.2 Å². The number of rotatable bonds is 9. The number of benzene rings is 1. The summed E-state index contributed by atoms with van der Waals surface area (Å²) < 4.78 is 32.2. The molecule has 1 fully saturated rings. The van der Waals surface area contributed by atoms with Gasteiger partial charge < -0.3 is 14.6 Å². The smallest absolute Gasteiger partial charge is 0.232 e. The molecule has 1 aromatic heterocycles. The summed E-state index contributed by atoms with van der Waals surface area (Å²) in [5.41, 5.74) is 1.40. The highest BCUT2D eigenvalue weighted by Crippen LogP contribution is 2.29. The average Bonchev–Trinajstić information content (AvgIpc) is 3.29. The van der Waals surface area contributed by atoms with Crippen molar-refractivity contribution >= 4 is 27.5 Å². The van der Waals surface area contributed by atoms with Gasteiger partial charge in [0.05, 0.1) is 29.5 Å². The van der Waals surface area contributed by atoms with Gasteiger partial charge in [-0.3, -0.25) is 14.3 Å². The van der Waals surface area contributed by atoms with Crippen LogP contribution in [0.2, 0.25) is 0 Å². The van der Waals surface area contributed by atoms with Crippen LogP contribution in [0.25, 0.3) is 11.5 Å². The lowest BCUT2D eigenvalue weighted by Gasteiger charge is -2.13. The first-order valence-corrected chi connectivity index (χ1v) is 11.6. The van der Waals surface area contributed by atoms with Gasteiger partial charge in [-0.05, 0) is 26.0 Å². The number of aryl methyl sites for hydroxylation is 1. The summed E-state index contributed by atoms with van der Waals surface area (Å²) in [4.78, 5) is 30.5. The van der Waals surface area contributed by atoms with Crippen LogP contribution in [0.4, 0.5) is 5.69 Å². The number of amides is 2. The van der Waals surface area contributed by atoms with E-state index in [9.17, 15) is 18.0 Å². The molecule has 2 aromatic rings. The fourth-order valence-electron chi connectivity index (χ4n) is 3.30. The van der Waals surface area contributed by atoms with Crippen molar-refractivity contribution in [3.8, 4) is 11.5 Å². The third kappa shape index (κ3) is 5.32. The SMILES string of the molecule is C=CCN1C[C@H](C(=O)NCc2nc(-c3ccccc3NS(=O)(=O)CC)oc2C)CC1=O. The van der Waals surface area contributed by atoms with Crippen LogP contribution in [0, 0.1) is 12.8 Å². The van der Waals surface area contributed by atoms with Gasteiger partial charge in [0.25, 0.3) is 0 Å². The maximum Gasteiger partial charge on any atom is 0.232 e. The van der Waals surface area contributed by atoms with Crippen LogP contribution in [0.3, 0.4) is 0 Å². The molecule has 0 aliphatic carbocycles. The third-order valence-corrected chi connectivity index (χ3v) is 6.35. The van der Waals surface area contributed by atoms with E-state index in [-0.39, 0.29) is 36.4 Å². The van der Waals surface area contributed by atoms with Crippen LogP contribution in [-0.4, -0.2) is 49.0 Å². The zero-order chi connectivity index (χ0) is 22.6. The molecule has 0 unspecified atom stereocenters. The molecule has 1 aromatic carbocycles. The Morgan fingerprint density at radius 1 is 1.39 bits per heavy atom. The molecule has 9 nitrogen and oxygen atoms in total. The van der Waals surface area contributed by atoms with Crippen molar-refractivity contribution in [3.63, 3.8) is 0 Å². The van der Waals surface area contributed by atoms with Crippen LogP contribution >= 0.6 is 0 Å². The second-order valence-electron chi connectivity index (χ2n) is 7.28. The first kappa shape index (κ1) is 22.5. The van der Waals surface area contributed by atoms with Crippen molar-refractivity contribution in [2.45, 2.75) is 26.8 Å². The summed E-state index contributed by atoms with van der Waals surface area (Å²) in [7, 11) is -3.46. The number of sulfonamides is 1. The van der Waals surface area contributed by atoms with E-state index in [2.05, 4.69) is 21.6 Å². The molecule has 1 aliphatic heterocycles. The fraction of sp³-hybridized carbons (Fsp3) is 0.381. The number of anilines is 1. The first-order valence-electron chi connectivity index (χ1n) is 9.96. The van der Waals surface area contributed by atoms with Gasteiger partial charge in [-0.2, -0.15) is 0 Å². The zero-order valence-corrected chi connectivity index (χ0v) is 18.4. The Morgan fingerprint density at radius 3 is 2.84 bits per heavy atom. The highest BCUT2D eigenvalue weighted by molar-refractivity contribution is 7.92. The molecule has 166 valence electrons. The Labute approximate surface area is 181 Å². The lowest BCUT2D eigenvalue weighted by molar-refractivity contribution is -0.128. The number of carbonyl (C=O) groups excluding carboxylic acids is 2. The number of nitrogens with zero attached hydrogens (tertiary/aromatic N) is 2. The van der Waals surface area contributed by atoms with Gasteiger partial charge in [0, 0.05) is 19.5 Å². The third-order valence-electron chi connectivity index (χ3n) is 5.06. The highest BCUT2D eigenvalue weighted by atomic mass is 32.2. The molecule has 1 atom stereocenters. The minimum Gasteiger partial charge on any atom is -0.441 e. The molecule has 3 rings (SSSR count). The monoisotopic (exact) mass is 446 g/mol. The van der Waals surface area contributed by atoms with E-state index in [1.165, 1.54) is 0 Å².